The van der Waals surface area contributed by atoms with Crippen molar-refractivity contribution in [3.63, 3.8) is 0 Å². The summed E-state index contributed by atoms with van der Waals surface area (Å²) in [6, 6.07) is 8.28. The van der Waals surface area contributed by atoms with Crippen LogP contribution in [0.1, 0.15) is 39.5 Å². The summed E-state index contributed by atoms with van der Waals surface area (Å²) in [6.07, 6.45) is 7.38. The molecule has 5 atom stereocenters. The highest BCUT2D eigenvalue weighted by Crippen LogP contribution is 2.54. The number of benzene rings is 1. The maximum absolute atomic E-state index is 12.9. The fourth-order valence-electron chi connectivity index (χ4n) is 6.53. The molecule has 0 radical (unpaired) electrons. The monoisotopic (exact) mass is 424 g/mol. The molecular formula is C26H36N2O3. The van der Waals surface area contributed by atoms with Crippen molar-refractivity contribution in [2.24, 2.45) is 23.2 Å². The number of anilines is 1. The summed E-state index contributed by atoms with van der Waals surface area (Å²) in [4.78, 5) is 17.7. The van der Waals surface area contributed by atoms with Crippen molar-refractivity contribution in [2.75, 3.05) is 44.7 Å². The number of hydrogen-bond acceptors (Lipinski definition) is 5. The number of hydrogen-bond donors (Lipinski definition) is 0. The molecule has 2 aliphatic heterocycles. The Labute approximate surface area is 186 Å². The second-order valence-corrected chi connectivity index (χ2v) is 10.3. The quantitative estimate of drug-likeness (QED) is 0.537. The number of esters is 1. The lowest BCUT2D eigenvalue weighted by molar-refractivity contribution is -0.145. The Kier molecular flexibility index (Phi) is 5.49. The van der Waals surface area contributed by atoms with E-state index in [4.69, 9.17) is 9.47 Å². The largest absolute Gasteiger partial charge is 0.497 e. The topological polar surface area (TPSA) is 42.0 Å². The van der Waals surface area contributed by atoms with E-state index in [1.54, 1.807) is 12.7 Å². The fraction of sp³-hybridized carbons (Fsp3) is 0.654. The van der Waals surface area contributed by atoms with E-state index in [0.717, 1.165) is 44.9 Å². The Morgan fingerprint density at radius 2 is 2.03 bits per heavy atom. The first-order valence-corrected chi connectivity index (χ1v) is 12.0. The van der Waals surface area contributed by atoms with E-state index in [1.165, 1.54) is 24.9 Å². The van der Waals surface area contributed by atoms with Crippen molar-refractivity contribution in [3.8, 4) is 5.75 Å². The minimum atomic E-state index is -0.0143. The number of carbonyl (C=O) groups is 1. The molecule has 168 valence electrons. The molecule has 5 heteroatoms. The highest BCUT2D eigenvalue weighted by atomic mass is 16.6. The SMILES string of the molecule is COc1cccc(N2CCN(CC3C(=O)OC4CC5(C)CCCC(C)C5=CC43)CC2)c1. The van der Waals surface area contributed by atoms with Crippen LogP contribution in [0, 0.1) is 23.2 Å². The molecule has 1 aromatic rings. The zero-order valence-corrected chi connectivity index (χ0v) is 19.2. The van der Waals surface area contributed by atoms with Crippen molar-refractivity contribution >= 4 is 11.7 Å². The number of fused-ring (bicyclic) bond motifs is 2. The van der Waals surface area contributed by atoms with Crippen LogP contribution in [0.25, 0.3) is 0 Å². The smallest absolute Gasteiger partial charge is 0.311 e. The van der Waals surface area contributed by atoms with Gasteiger partial charge in [0.1, 0.15) is 11.9 Å². The van der Waals surface area contributed by atoms with Crippen LogP contribution in [0.2, 0.25) is 0 Å². The molecule has 0 aromatic heterocycles. The maximum Gasteiger partial charge on any atom is 0.311 e. The van der Waals surface area contributed by atoms with Gasteiger partial charge in [-0.1, -0.05) is 38.0 Å². The number of ether oxygens (including phenoxy) is 2. The molecule has 5 rings (SSSR count). The molecule has 31 heavy (non-hydrogen) atoms. The van der Waals surface area contributed by atoms with Crippen LogP contribution in [0.5, 0.6) is 5.75 Å². The number of carbonyl (C=O) groups excluding carboxylic acids is 1. The third-order valence-electron chi connectivity index (χ3n) is 8.33. The van der Waals surface area contributed by atoms with Crippen molar-refractivity contribution in [2.45, 2.75) is 45.6 Å². The Bertz CT molecular complexity index is 860. The number of nitrogens with zero attached hydrogens (tertiary/aromatic N) is 2. The third kappa shape index (κ3) is 3.86. The van der Waals surface area contributed by atoms with E-state index in [-0.39, 0.29) is 29.3 Å². The van der Waals surface area contributed by atoms with Crippen LogP contribution in [-0.4, -0.2) is 56.8 Å². The summed E-state index contributed by atoms with van der Waals surface area (Å²) in [5.74, 6) is 1.81. The van der Waals surface area contributed by atoms with E-state index in [9.17, 15) is 4.79 Å². The first-order chi connectivity index (χ1) is 15.0. The first kappa shape index (κ1) is 20.9. The van der Waals surface area contributed by atoms with Crippen LogP contribution in [0.15, 0.2) is 35.9 Å². The van der Waals surface area contributed by atoms with Gasteiger partial charge >= 0.3 is 5.97 Å². The van der Waals surface area contributed by atoms with Crippen LogP contribution >= 0.6 is 0 Å². The van der Waals surface area contributed by atoms with Gasteiger partial charge in [-0.15, -0.1) is 0 Å². The fourth-order valence-corrected chi connectivity index (χ4v) is 6.53. The van der Waals surface area contributed by atoms with Gasteiger partial charge in [0, 0.05) is 50.4 Å². The molecule has 2 aliphatic carbocycles. The van der Waals surface area contributed by atoms with E-state index >= 15 is 0 Å². The lowest BCUT2D eigenvalue weighted by atomic mass is 9.59. The first-order valence-electron chi connectivity index (χ1n) is 12.0. The Hall–Kier alpha value is -2.01. The van der Waals surface area contributed by atoms with Crippen LogP contribution in [0.4, 0.5) is 5.69 Å². The minimum absolute atomic E-state index is 0.0143. The maximum atomic E-state index is 12.9. The van der Waals surface area contributed by atoms with Crippen molar-refractivity contribution < 1.29 is 14.3 Å². The zero-order valence-electron chi connectivity index (χ0n) is 19.2. The standard InChI is InChI=1S/C26H36N2O3/c1-18-6-5-9-26(2)16-24-21(15-23(18)26)22(25(29)31-24)17-27-10-12-28(13-11-27)19-7-4-8-20(14-19)30-3/h4,7-8,14-15,18,21-22,24H,5-6,9-13,16-17H2,1-3H3. The summed E-state index contributed by atoms with van der Waals surface area (Å²) in [5, 5.41) is 0. The predicted molar refractivity (Wildman–Crippen MR) is 122 cm³/mol. The highest BCUT2D eigenvalue weighted by Gasteiger charge is 2.52. The molecular weight excluding hydrogens is 388 g/mol. The minimum Gasteiger partial charge on any atom is -0.497 e. The second kappa shape index (κ2) is 8.16. The van der Waals surface area contributed by atoms with E-state index in [2.05, 4.69) is 41.9 Å². The normalized spacial score (nSPS) is 35.8. The number of allylic oxidation sites excluding steroid dienone is 1. The van der Waals surface area contributed by atoms with Crippen molar-refractivity contribution in [1.82, 2.24) is 4.90 Å². The van der Waals surface area contributed by atoms with Gasteiger partial charge < -0.3 is 14.4 Å². The van der Waals surface area contributed by atoms with E-state index in [0.29, 0.717) is 5.92 Å². The van der Waals surface area contributed by atoms with E-state index < -0.39 is 0 Å². The number of methoxy groups -OCH3 is 1. The van der Waals surface area contributed by atoms with Crippen molar-refractivity contribution in [1.29, 1.82) is 0 Å². The van der Waals surface area contributed by atoms with Gasteiger partial charge in [0.25, 0.3) is 0 Å². The molecule has 1 saturated carbocycles. The molecule has 4 aliphatic rings. The molecule has 0 spiro atoms. The summed E-state index contributed by atoms with van der Waals surface area (Å²) in [7, 11) is 1.71. The predicted octanol–water partition coefficient (Wildman–Crippen LogP) is 4.13. The van der Waals surface area contributed by atoms with Crippen LogP contribution in [0.3, 0.4) is 0 Å². The molecule has 2 heterocycles. The third-order valence-corrected chi connectivity index (χ3v) is 8.33. The van der Waals surface area contributed by atoms with Crippen LogP contribution < -0.4 is 9.64 Å². The van der Waals surface area contributed by atoms with Crippen molar-refractivity contribution in [3.05, 3.63) is 35.9 Å². The van der Waals surface area contributed by atoms with Gasteiger partial charge in [0.15, 0.2) is 0 Å². The molecule has 0 N–H and O–H groups in total. The zero-order chi connectivity index (χ0) is 21.6. The summed E-state index contributed by atoms with van der Waals surface area (Å²) in [6.45, 7) is 9.48. The molecule has 0 bridgehead atoms. The molecule has 3 fully saturated rings. The Morgan fingerprint density at radius 1 is 1.23 bits per heavy atom. The Balaban J connectivity index is 1.25. The van der Waals surface area contributed by atoms with Gasteiger partial charge in [0.2, 0.25) is 0 Å². The van der Waals surface area contributed by atoms with Gasteiger partial charge in [-0.3, -0.25) is 9.69 Å². The summed E-state index contributed by atoms with van der Waals surface area (Å²) < 4.78 is 11.3. The average molecular weight is 425 g/mol. The molecule has 5 unspecified atom stereocenters. The van der Waals surface area contributed by atoms with Gasteiger partial charge in [-0.05, 0) is 42.7 Å². The lowest BCUT2D eigenvalue weighted by Gasteiger charge is -2.46. The molecule has 5 nitrogen and oxygen atoms in total. The lowest BCUT2D eigenvalue weighted by Crippen LogP contribution is -2.49. The molecule has 1 aromatic carbocycles. The molecule has 2 saturated heterocycles. The van der Waals surface area contributed by atoms with Gasteiger partial charge in [-0.2, -0.15) is 0 Å². The van der Waals surface area contributed by atoms with Crippen LogP contribution in [-0.2, 0) is 9.53 Å². The molecule has 0 amide bonds. The van der Waals surface area contributed by atoms with Gasteiger partial charge in [0.05, 0.1) is 13.0 Å². The Morgan fingerprint density at radius 3 is 2.81 bits per heavy atom. The average Bonchev–Trinajstić information content (AvgIpc) is 3.06. The summed E-state index contributed by atoms with van der Waals surface area (Å²) in [5.41, 5.74) is 3.05. The van der Waals surface area contributed by atoms with Gasteiger partial charge in [-0.25, -0.2) is 0 Å². The number of rotatable bonds is 4. The van der Waals surface area contributed by atoms with E-state index in [1.807, 2.05) is 12.1 Å². The second-order valence-electron chi connectivity index (χ2n) is 10.3. The number of piperazine rings is 1. The highest BCUT2D eigenvalue weighted by molar-refractivity contribution is 5.76. The summed E-state index contributed by atoms with van der Waals surface area (Å²) >= 11 is 0.